The summed E-state index contributed by atoms with van der Waals surface area (Å²) in [6, 6.07) is 12.0. The van der Waals surface area contributed by atoms with Gasteiger partial charge < -0.3 is 14.8 Å². The number of carbonyl (C=O) groups is 1. The van der Waals surface area contributed by atoms with E-state index in [4.69, 9.17) is 9.47 Å². The highest BCUT2D eigenvalue weighted by atomic mass is 32.2. The predicted octanol–water partition coefficient (Wildman–Crippen LogP) is 2.82. The summed E-state index contributed by atoms with van der Waals surface area (Å²) in [5.41, 5.74) is 0. The number of piperidine rings is 1. The molecule has 168 valence electrons. The molecule has 0 atom stereocenters. The van der Waals surface area contributed by atoms with Gasteiger partial charge in [0.25, 0.3) is 0 Å². The van der Waals surface area contributed by atoms with Crippen LogP contribution in [0.4, 0.5) is 4.39 Å². The van der Waals surface area contributed by atoms with Gasteiger partial charge in [-0.3, -0.25) is 4.79 Å². The third-order valence-corrected chi connectivity index (χ3v) is 6.99. The molecule has 9 heteroatoms. The van der Waals surface area contributed by atoms with Crippen LogP contribution < -0.4 is 14.8 Å². The van der Waals surface area contributed by atoms with Crippen LogP contribution in [-0.4, -0.2) is 51.5 Å². The number of benzene rings is 2. The Balaban J connectivity index is 1.43. The summed E-state index contributed by atoms with van der Waals surface area (Å²) in [6.45, 7) is 3.55. The van der Waals surface area contributed by atoms with Gasteiger partial charge in [-0.15, -0.1) is 0 Å². The summed E-state index contributed by atoms with van der Waals surface area (Å²) in [7, 11) is -3.60. The second kappa shape index (κ2) is 10.6. The summed E-state index contributed by atoms with van der Waals surface area (Å²) in [4.78, 5) is 12.6. The lowest BCUT2D eigenvalue weighted by Gasteiger charge is -2.30. The molecule has 3 rings (SSSR count). The third-order valence-electron chi connectivity index (χ3n) is 5.08. The predicted molar refractivity (Wildman–Crippen MR) is 114 cm³/mol. The molecule has 0 radical (unpaired) electrons. The van der Waals surface area contributed by atoms with Gasteiger partial charge >= 0.3 is 0 Å². The summed E-state index contributed by atoms with van der Waals surface area (Å²) in [5, 5.41) is 2.82. The van der Waals surface area contributed by atoms with E-state index >= 15 is 0 Å². The van der Waals surface area contributed by atoms with E-state index in [1.54, 1.807) is 24.3 Å². The fraction of sp³-hybridized carbons (Fsp3) is 0.409. The highest BCUT2D eigenvalue weighted by Gasteiger charge is 2.32. The van der Waals surface area contributed by atoms with Crippen LogP contribution in [0.3, 0.4) is 0 Å². The summed E-state index contributed by atoms with van der Waals surface area (Å²) in [5.74, 6) is 0.471. The first kappa shape index (κ1) is 23.0. The van der Waals surface area contributed by atoms with E-state index in [0.29, 0.717) is 50.6 Å². The molecule has 1 saturated heterocycles. The Bertz CT molecular complexity index is 956. The molecular weight excluding hydrogens is 423 g/mol. The Hall–Kier alpha value is -2.65. The molecule has 1 heterocycles. The van der Waals surface area contributed by atoms with Crippen molar-refractivity contribution >= 4 is 15.9 Å². The van der Waals surface area contributed by atoms with Gasteiger partial charge in [0.15, 0.2) is 0 Å². The SMILES string of the molecule is CCOc1ccc(S(=O)(=O)N2CCC(C(=O)NCCOc3ccc(F)cc3)CC2)cc1. The van der Waals surface area contributed by atoms with Gasteiger partial charge in [0.05, 0.1) is 18.0 Å². The molecule has 0 saturated carbocycles. The highest BCUT2D eigenvalue weighted by Crippen LogP contribution is 2.25. The maximum absolute atomic E-state index is 12.9. The molecule has 1 amide bonds. The van der Waals surface area contributed by atoms with Crippen LogP contribution in [0, 0.1) is 11.7 Å². The average Bonchev–Trinajstić information content (AvgIpc) is 2.78. The van der Waals surface area contributed by atoms with Gasteiger partial charge in [-0.1, -0.05) is 0 Å². The molecule has 1 N–H and O–H groups in total. The fourth-order valence-electron chi connectivity index (χ4n) is 3.40. The van der Waals surface area contributed by atoms with Crippen molar-refractivity contribution in [2.75, 3.05) is 32.8 Å². The molecule has 1 aliphatic rings. The number of sulfonamides is 1. The van der Waals surface area contributed by atoms with Gasteiger partial charge in [-0.25, -0.2) is 12.8 Å². The zero-order valence-corrected chi connectivity index (χ0v) is 18.2. The van der Waals surface area contributed by atoms with E-state index in [1.807, 2.05) is 6.92 Å². The van der Waals surface area contributed by atoms with Crippen LogP contribution in [0.15, 0.2) is 53.4 Å². The second-order valence-corrected chi connectivity index (χ2v) is 9.11. The molecule has 1 aliphatic heterocycles. The summed E-state index contributed by atoms with van der Waals surface area (Å²) in [6.07, 6.45) is 0.918. The Morgan fingerprint density at radius 3 is 2.23 bits per heavy atom. The minimum absolute atomic E-state index is 0.110. The standard InChI is InChI=1S/C22H27FN2O5S/c1-2-29-19-7-9-21(10-8-19)31(27,28)25-14-11-17(12-15-25)22(26)24-13-16-30-20-5-3-18(23)4-6-20/h3-10,17H,2,11-16H2,1H3,(H,24,26). The zero-order valence-electron chi connectivity index (χ0n) is 17.4. The van der Waals surface area contributed by atoms with E-state index < -0.39 is 10.0 Å². The van der Waals surface area contributed by atoms with Gasteiger partial charge in [-0.05, 0) is 68.3 Å². The third kappa shape index (κ3) is 6.18. The smallest absolute Gasteiger partial charge is 0.243 e. The molecule has 0 bridgehead atoms. The number of halogens is 1. The van der Waals surface area contributed by atoms with Crippen molar-refractivity contribution in [3.8, 4) is 11.5 Å². The molecular formula is C22H27FN2O5S. The van der Waals surface area contributed by atoms with Crippen LogP contribution in [0.2, 0.25) is 0 Å². The lowest BCUT2D eigenvalue weighted by molar-refractivity contribution is -0.126. The Morgan fingerprint density at radius 1 is 1.03 bits per heavy atom. The van der Waals surface area contributed by atoms with Gasteiger partial charge in [0.2, 0.25) is 15.9 Å². The van der Waals surface area contributed by atoms with E-state index in [9.17, 15) is 17.6 Å². The highest BCUT2D eigenvalue weighted by molar-refractivity contribution is 7.89. The first-order chi connectivity index (χ1) is 14.9. The molecule has 2 aromatic carbocycles. The molecule has 0 unspecified atom stereocenters. The van der Waals surface area contributed by atoms with Crippen LogP contribution >= 0.6 is 0 Å². The normalized spacial score (nSPS) is 15.4. The molecule has 0 aliphatic carbocycles. The molecule has 0 spiro atoms. The Morgan fingerprint density at radius 2 is 1.61 bits per heavy atom. The van der Waals surface area contributed by atoms with Crippen molar-refractivity contribution in [1.82, 2.24) is 9.62 Å². The lowest BCUT2D eigenvalue weighted by Crippen LogP contribution is -2.43. The van der Waals surface area contributed by atoms with Crippen LogP contribution in [0.5, 0.6) is 11.5 Å². The van der Waals surface area contributed by atoms with Crippen LogP contribution in [0.25, 0.3) is 0 Å². The first-order valence-electron chi connectivity index (χ1n) is 10.3. The molecule has 0 aromatic heterocycles. The van der Waals surface area contributed by atoms with Crippen molar-refractivity contribution in [2.24, 2.45) is 5.92 Å². The van der Waals surface area contributed by atoms with Crippen molar-refractivity contribution in [1.29, 1.82) is 0 Å². The first-order valence-corrected chi connectivity index (χ1v) is 11.7. The second-order valence-electron chi connectivity index (χ2n) is 7.18. The van der Waals surface area contributed by atoms with E-state index in [-0.39, 0.29) is 29.1 Å². The van der Waals surface area contributed by atoms with Gasteiger partial charge in [0.1, 0.15) is 23.9 Å². The number of ether oxygens (including phenoxy) is 2. The molecule has 7 nitrogen and oxygen atoms in total. The lowest BCUT2D eigenvalue weighted by atomic mass is 9.97. The number of amides is 1. The van der Waals surface area contributed by atoms with Gasteiger partial charge in [-0.2, -0.15) is 4.31 Å². The quantitative estimate of drug-likeness (QED) is 0.594. The maximum Gasteiger partial charge on any atom is 0.243 e. The van der Waals surface area contributed by atoms with Crippen molar-refractivity contribution in [2.45, 2.75) is 24.7 Å². The average molecular weight is 451 g/mol. The summed E-state index contributed by atoms with van der Waals surface area (Å²) >= 11 is 0. The molecule has 1 fully saturated rings. The van der Waals surface area contributed by atoms with Crippen molar-refractivity contribution in [3.05, 3.63) is 54.3 Å². The van der Waals surface area contributed by atoms with Crippen molar-refractivity contribution in [3.63, 3.8) is 0 Å². The maximum atomic E-state index is 12.9. The van der Waals surface area contributed by atoms with Crippen LogP contribution in [-0.2, 0) is 14.8 Å². The number of hydrogen-bond acceptors (Lipinski definition) is 5. The van der Waals surface area contributed by atoms with E-state index in [1.165, 1.54) is 28.6 Å². The molecule has 2 aromatic rings. The number of nitrogens with one attached hydrogen (secondary N) is 1. The fourth-order valence-corrected chi connectivity index (χ4v) is 4.87. The number of nitrogens with zero attached hydrogens (tertiary/aromatic N) is 1. The monoisotopic (exact) mass is 450 g/mol. The Kier molecular flexibility index (Phi) is 7.86. The molecule has 31 heavy (non-hydrogen) atoms. The van der Waals surface area contributed by atoms with Crippen LogP contribution in [0.1, 0.15) is 19.8 Å². The number of hydrogen-bond donors (Lipinski definition) is 1. The summed E-state index contributed by atoms with van der Waals surface area (Å²) < 4.78 is 50.8. The minimum atomic E-state index is -3.60. The van der Waals surface area contributed by atoms with E-state index in [2.05, 4.69) is 5.32 Å². The number of rotatable bonds is 9. The minimum Gasteiger partial charge on any atom is -0.494 e. The topological polar surface area (TPSA) is 84.9 Å². The van der Waals surface area contributed by atoms with Crippen molar-refractivity contribution < 1.29 is 27.1 Å². The number of carbonyl (C=O) groups excluding carboxylic acids is 1. The zero-order chi connectivity index (χ0) is 22.3. The van der Waals surface area contributed by atoms with E-state index in [0.717, 1.165) is 0 Å². The largest absolute Gasteiger partial charge is 0.494 e. The van der Waals surface area contributed by atoms with Gasteiger partial charge in [0, 0.05) is 19.0 Å². The Labute approximate surface area is 182 Å².